The van der Waals surface area contributed by atoms with Crippen LogP contribution in [-0.4, -0.2) is 8.07 Å². The summed E-state index contributed by atoms with van der Waals surface area (Å²) in [5, 5.41) is 14.8. The van der Waals surface area contributed by atoms with Gasteiger partial charge in [-0.15, -0.1) is 0 Å². The Labute approximate surface area is 177 Å². The topological polar surface area (TPSA) is 0 Å². The minimum atomic E-state index is -1.31. The molecule has 144 valence electrons. The van der Waals surface area contributed by atoms with Gasteiger partial charge in [0.05, 0.1) is 8.07 Å². The lowest BCUT2D eigenvalue weighted by atomic mass is 9.94. The zero-order chi connectivity index (χ0) is 20.5. The second kappa shape index (κ2) is 6.17. The molecule has 0 aliphatic heterocycles. The molecule has 0 radical (unpaired) electrons. The third kappa shape index (κ3) is 2.66. The minimum absolute atomic E-state index is 1.30. The van der Waals surface area contributed by atoms with Gasteiger partial charge in [-0.2, -0.15) is 0 Å². The van der Waals surface area contributed by atoms with E-state index in [0.29, 0.717) is 0 Å². The van der Waals surface area contributed by atoms with Gasteiger partial charge in [0, 0.05) is 0 Å². The maximum atomic E-state index is 2.41. The van der Waals surface area contributed by atoms with Crippen LogP contribution in [0.5, 0.6) is 0 Å². The average molecular weight is 401 g/mol. The molecule has 0 saturated carbocycles. The molecule has 0 amide bonds. The molecule has 0 nitrogen and oxygen atoms in total. The van der Waals surface area contributed by atoms with Gasteiger partial charge in [-0.3, -0.25) is 0 Å². The second-order valence-electron chi connectivity index (χ2n) is 9.53. The van der Waals surface area contributed by atoms with Gasteiger partial charge >= 0.3 is 0 Å². The molecular formula is C29H24Si. The Balaban J connectivity index is 1.68. The Morgan fingerprint density at radius 1 is 0.400 bits per heavy atom. The molecule has 0 spiro atoms. The van der Waals surface area contributed by atoms with Crippen molar-refractivity contribution in [1.82, 2.24) is 0 Å². The molecule has 6 rings (SSSR count). The lowest BCUT2D eigenvalue weighted by Gasteiger charge is -2.17. The molecule has 0 heterocycles. The Morgan fingerprint density at radius 3 is 1.50 bits per heavy atom. The van der Waals surface area contributed by atoms with E-state index in [1.54, 1.807) is 0 Å². The van der Waals surface area contributed by atoms with Gasteiger partial charge in [-0.1, -0.05) is 91.6 Å². The highest BCUT2D eigenvalue weighted by Gasteiger charge is 2.16. The van der Waals surface area contributed by atoms with Crippen LogP contribution < -0.4 is 5.19 Å². The Kier molecular flexibility index (Phi) is 3.63. The van der Waals surface area contributed by atoms with E-state index in [0.717, 1.165) is 0 Å². The number of hydrogen-bond acceptors (Lipinski definition) is 0. The maximum absolute atomic E-state index is 2.41. The van der Waals surface area contributed by atoms with Crippen molar-refractivity contribution in [2.75, 3.05) is 0 Å². The summed E-state index contributed by atoms with van der Waals surface area (Å²) in [5.41, 5.74) is 0. The minimum Gasteiger partial charge on any atom is -0.0656 e. The van der Waals surface area contributed by atoms with Crippen LogP contribution in [-0.2, 0) is 0 Å². The van der Waals surface area contributed by atoms with Crippen molar-refractivity contribution in [3.8, 4) is 0 Å². The summed E-state index contributed by atoms with van der Waals surface area (Å²) < 4.78 is 0. The molecule has 0 atom stereocenters. The smallest absolute Gasteiger partial charge is 0.0656 e. The lowest BCUT2D eigenvalue weighted by Crippen LogP contribution is -2.37. The number of fused-ring (bicyclic) bond motifs is 7. The summed E-state index contributed by atoms with van der Waals surface area (Å²) >= 11 is 0. The highest BCUT2D eigenvalue weighted by molar-refractivity contribution is 6.88. The van der Waals surface area contributed by atoms with E-state index in [4.69, 9.17) is 0 Å². The van der Waals surface area contributed by atoms with Crippen LogP contribution in [0, 0.1) is 0 Å². The summed E-state index contributed by atoms with van der Waals surface area (Å²) in [6, 6.07) is 34.3. The second-order valence-corrected chi connectivity index (χ2v) is 14.6. The molecule has 0 fully saturated rings. The van der Waals surface area contributed by atoms with Gasteiger partial charge in [0.25, 0.3) is 0 Å². The quantitative estimate of drug-likeness (QED) is 0.149. The Bertz CT molecular complexity index is 1620. The van der Waals surface area contributed by atoms with E-state index in [9.17, 15) is 0 Å². The summed E-state index contributed by atoms with van der Waals surface area (Å²) in [4.78, 5) is 0. The van der Waals surface area contributed by atoms with Crippen molar-refractivity contribution in [1.29, 1.82) is 0 Å². The summed E-state index contributed by atoms with van der Waals surface area (Å²) in [6.45, 7) is 7.24. The number of hydrogen-bond donors (Lipinski definition) is 0. The van der Waals surface area contributed by atoms with Gasteiger partial charge < -0.3 is 0 Å². The first kappa shape index (κ1) is 17.7. The average Bonchev–Trinajstić information content (AvgIpc) is 2.75. The molecule has 0 aliphatic carbocycles. The van der Waals surface area contributed by atoms with E-state index >= 15 is 0 Å². The first-order chi connectivity index (χ1) is 14.5. The molecule has 1 heteroatoms. The fourth-order valence-corrected chi connectivity index (χ4v) is 5.95. The highest BCUT2D eigenvalue weighted by atomic mass is 28.3. The molecule has 0 N–H and O–H groups in total. The molecule has 0 bridgehead atoms. The molecule has 0 saturated heterocycles. The van der Waals surface area contributed by atoms with Gasteiger partial charge in [0.15, 0.2) is 0 Å². The fourth-order valence-electron chi connectivity index (χ4n) is 4.78. The van der Waals surface area contributed by atoms with Gasteiger partial charge in [0.2, 0.25) is 0 Å². The predicted molar refractivity (Wildman–Crippen MR) is 137 cm³/mol. The van der Waals surface area contributed by atoms with E-state index in [1.165, 1.54) is 59.0 Å². The van der Waals surface area contributed by atoms with Crippen molar-refractivity contribution < 1.29 is 0 Å². The SMILES string of the molecule is C[Si](C)(C)c1ccc2cc3c(ccc4c5cc6ccccc6cc5ccc34)cc2c1. The molecule has 30 heavy (non-hydrogen) atoms. The normalized spacial score (nSPS) is 12.5. The maximum Gasteiger partial charge on any atom is 0.0776 e. The van der Waals surface area contributed by atoms with Crippen LogP contribution in [0.3, 0.4) is 0 Å². The summed E-state index contributed by atoms with van der Waals surface area (Å²) in [7, 11) is -1.31. The highest BCUT2D eigenvalue weighted by Crippen LogP contribution is 2.35. The van der Waals surface area contributed by atoms with Crippen LogP contribution in [0.2, 0.25) is 19.6 Å². The zero-order valence-corrected chi connectivity index (χ0v) is 18.7. The first-order valence-corrected chi connectivity index (χ1v) is 14.2. The molecule has 0 aliphatic rings. The van der Waals surface area contributed by atoms with Gasteiger partial charge in [-0.25, -0.2) is 0 Å². The molecule has 6 aromatic rings. The van der Waals surface area contributed by atoms with E-state index in [-0.39, 0.29) is 0 Å². The lowest BCUT2D eigenvalue weighted by molar-refractivity contribution is 1.72. The molecule has 0 unspecified atom stereocenters. The number of rotatable bonds is 1. The predicted octanol–water partition coefficient (Wildman–Crippen LogP) is 8.00. The van der Waals surface area contributed by atoms with Gasteiger partial charge in [-0.05, 0) is 78.1 Å². The standard InChI is InChI=1S/C29H24Si/c1-30(2,3)25-11-8-21-18-29-23(15-24(21)16-25)10-13-26-27(29)12-9-22-14-19-6-4-5-7-20(19)17-28(22)26/h4-18H,1-3H3. The van der Waals surface area contributed by atoms with Crippen LogP contribution in [0.25, 0.3) is 53.9 Å². The van der Waals surface area contributed by atoms with E-state index < -0.39 is 8.07 Å². The molecule has 0 aromatic heterocycles. The third-order valence-electron chi connectivity index (χ3n) is 6.52. The van der Waals surface area contributed by atoms with Crippen LogP contribution >= 0.6 is 0 Å². The zero-order valence-electron chi connectivity index (χ0n) is 17.7. The van der Waals surface area contributed by atoms with E-state index in [2.05, 4.69) is 111 Å². The third-order valence-corrected chi connectivity index (χ3v) is 8.57. The van der Waals surface area contributed by atoms with Crippen molar-refractivity contribution in [2.24, 2.45) is 0 Å². The van der Waals surface area contributed by atoms with Crippen LogP contribution in [0.15, 0.2) is 91.0 Å². The number of benzene rings is 6. The van der Waals surface area contributed by atoms with Crippen molar-refractivity contribution >= 4 is 67.1 Å². The summed E-state index contributed by atoms with van der Waals surface area (Å²) in [6.07, 6.45) is 0. The Morgan fingerprint density at radius 2 is 0.900 bits per heavy atom. The largest absolute Gasteiger partial charge is 0.0776 e. The van der Waals surface area contributed by atoms with Crippen molar-refractivity contribution in [3.63, 3.8) is 0 Å². The Hall–Kier alpha value is -3.16. The monoisotopic (exact) mass is 400 g/mol. The van der Waals surface area contributed by atoms with Crippen LogP contribution in [0.1, 0.15) is 0 Å². The van der Waals surface area contributed by atoms with Crippen molar-refractivity contribution in [2.45, 2.75) is 19.6 Å². The summed E-state index contributed by atoms with van der Waals surface area (Å²) in [5.74, 6) is 0. The van der Waals surface area contributed by atoms with Gasteiger partial charge in [0.1, 0.15) is 0 Å². The molecule has 6 aromatic carbocycles. The van der Waals surface area contributed by atoms with Crippen molar-refractivity contribution in [3.05, 3.63) is 91.0 Å². The van der Waals surface area contributed by atoms with E-state index in [1.807, 2.05) is 0 Å². The van der Waals surface area contributed by atoms with Crippen LogP contribution in [0.4, 0.5) is 0 Å². The fraction of sp³-hybridized carbons (Fsp3) is 0.103. The first-order valence-electron chi connectivity index (χ1n) is 10.7. The molecular weight excluding hydrogens is 376 g/mol.